The predicted octanol–water partition coefficient (Wildman–Crippen LogP) is -1.33. The van der Waals surface area contributed by atoms with Crippen LogP contribution in [0.15, 0.2) is 90.4 Å². The number of carbonyl (C=O) groups is 14. The number of primary amides is 1. The van der Waals surface area contributed by atoms with E-state index >= 15 is 19.2 Å². The molecule has 8 amide bonds. The first-order valence-corrected chi connectivity index (χ1v) is 38.4. The van der Waals surface area contributed by atoms with Gasteiger partial charge in [0.2, 0.25) is 47.3 Å². The van der Waals surface area contributed by atoms with Crippen LogP contribution in [0.25, 0.3) is 21.7 Å². The van der Waals surface area contributed by atoms with Gasteiger partial charge in [-0.3, -0.25) is 82.3 Å². The van der Waals surface area contributed by atoms with E-state index in [1.165, 1.54) is 17.4 Å². The number of carboxylic acid groups (broad SMARTS) is 2. The van der Waals surface area contributed by atoms with Crippen LogP contribution >= 0.6 is 21.6 Å². The number of aromatic amines is 2. The topological polar surface area (TPSA) is 543 Å². The molecule has 0 saturated carbocycles. The second-order valence-electron chi connectivity index (χ2n) is 27.1. The minimum Gasteiger partial charge on any atom is -0.481 e. The number of ketones is 4. The summed E-state index contributed by atoms with van der Waals surface area (Å²) in [5, 5.41) is 43.5. The summed E-state index contributed by atoms with van der Waals surface area (Å²) in [6, 6.07) is 6.56. The highest BCUT2D eigenvalue weighted by atomic mass is 33.1. The Kier molecular flexibility index (Phi) is 31.9. The van der Waals surface area contributed by atoms with E-state index in [4.69, 9.17) is 22.9 Å². The molecule has 3 aliphatic rings. The van der Waals surface area contributed by atoms with Gasteiger partial charge in [0.1, 0.15) is 48.0 Å². The molecule has 5 aromatic rings. The molecule has 0 aliphatic carbocycles. The lowest BCUT2D eigenvalue weighted by Gasteiger charge is -2.31. The van der Waals surface area contributed by atoms with Crippen LogP contribution in [0, 0.1) is 5.92 Å². The molecule has 20 N–H and O–H groups in total. The van der Waals surface area contributed by atoms with Crippen molar-refractivity contribution in [2.45, 2.75) is 164 Å². The van der Waals surface area contributed by atoms with Crippen molar-refractivity contribution in [3.8, 4) is 0 Å². The fraction of sp³-hybridized carbons (Fsp3) is 0.500. The first-order valence-electron chi connectivity index (χ1n) is 35.9. The van der Waals surface area contributed by atoms with Crippen LogP contribution in [-0.4, -0.2) is 241 Å². The van der Waals surface area contributed by atoms with Crippen molar-refractivity contribution in [1.29, 1.82) is 0 Å². The lowest BCUT2D eigenvalue weighted by atomic mass is 9.99. The summed E-state index contributed by atoms with van der Waals surface area (Å²) >= 11 is 0. The number of nitrogens with one attached hydrogen (secondary N) is 10. The standard InChI is InChI=1S/C72H96N18O16S2/c1-40(91)47-37-107-108-38-56(71(106)90-26-10-18-58(90)61(94)36-89-25-9-17-57(89)60(93)35-80-49(15-6-7-23-73)59(92)34-81-52(64(74)99)31-63(97)98)88-69(104)54(29-44-32-79-48-14-5-4-13-46(44)48)86-66(101)50(16-8-24-78-72(75)76)84-68(103)53(28-41-19-20-42-11-2-3-12-43(42)27-41)85-70(105)55(30-45-33-77-39-82-45)87-67(102)51(83-65(47)100)21-22-62(95)96/h2-5,11-14,19-20,27,32-33,39,47,49-58,79-81H,6-10,15-18,21-26,28-31,34-38,73H2,1H3,(H2,74,99)(H,77,82)(H,83,100)(H,84,103)(H,85,105)(H,86,101)(H,87,102)(H,88,104)(H,95,96)(H,97,98)(H4,75,76,78)/t47-,49+,50+,51-,52+,53+,54-,55+,56-,57+,58+/m1/s1. The van der Waals surface area contributed by atoms with Crippen molar-refractivity contribution in [1.82, 2.24) is 67.3 Å². The Hall–Kier alpha value is -10.1. The zero-order valence-corrected chi connectivity index (χ0v) is 61.6. The number of aromatic nitrogens is 3. The van der Waals surface area contributed by atoms with Gasteiger partial charge in [0.05, 0.1) is 56.5 Å². The number of hydrogen-bond donors (Lipinski definition) is 16. The minimum atomic E-state index is -1.66. The highest BCUT2D eigenvalue weighted by Crippen LogP contribution is 2.30. The summed E-state index contributed by atoms with van der Waals surface area (Å²) in [6.45, 7) is 0.811. The van der Waals surface area contributed by atoms with Crippen molar-refractivity contribution in [2.75, 3.05) is 57.3 Å². The van der Waals surface area contributed by atoms with Crippen LogP contribution in [0.5, 0.6) is 0 Å². The number of carboxylic acids is 2. The molecule has 582 valence electrons. The van der Waals surface area contributed by atoms with Gasteiger partial charge >= 0.3 is 11.9 Å². The van der Waals surface area contributed by atoms with Crippen molar-refractivity contribution >= 4 is 132 Å². The Balaban J connectivity index is 1.12. The number of para-hydroxylation sites is 1. The predicted molar refractivity (Wildman–Crippen MR) is 402 cm³/mol. The molecule has 0 bridgehead atoms. The average molecular weight is 1530 g/mol. The van der Waals surface area contributed by atoms with Crippen LogP contribution < -0.4 is 65.5 Å². The lowest BCUT2D eigenvalue weighted by Crippen LogP contribution is -2.61. The van der Waals surface area contributed by atoms with Gasteiger partial charge in [-0.15, -0.1) is 0 Å². The lowest BCUT2D eigenvalue weighted by molar-refractivity contribution is -0.141. The number of Topliss-reactive ketones (excluding diaryl/α,β-unsaturated/α-hetero) is 4. The Morgan fingerprint density at radius 2 is 1.28 bits per heavy atom. The zero-order valence-electron chi connectivity index (χ0n) is 59.9. The maximum Gasteiger partial charge on any atom is 0.305 e. The van der Waals surface area contributed by atoms with Crippen molar-refractivity contribution in [3.63, 3.8) is 0 Å². The number of nitrogens with zero attached hydrogens (tertiary/aromatic N) is 4. The zero-order chi connectivity index (χ0) is 78.0. The van der Waals surface area contributed by atoms with E-state index in [2.05, 4.69) is 62.5 Å². The molecule has 8 rings (SSSR count). The normalized spacial score (nSPS) is 22.4. The number of aliphatic imine (C=N–C) groups is 1. The van der Waals surface area contributed by atoms with Crippen LogP contribution in [-0.2, 0) is 86.4 Å². The quantitative estimate of drug-likeness (QED) is 0.00760. The van der Waals surface area contributed by atoms with Gasteiger partial charge < -0.3 is 85.2 Å². The summed E-state index contributed by atoms with van der Waals surface area (Å²) in [4.78, 5) is 214. The third-order valence-corrected chi connectivity index (χ3v) is 21.6. The maximum absolute atomic E-state index is 15.5. The number of unbranched alkanes of at least 4 members (excludes halogenated alkanes) is 1. The minimum absolute atomic E-state index is 0.0236. The molecule has 11 atom stereocenters. The number of imidazole rings is 1. The molecule has 3 saturated heterocycles. The first kappa shape index (κ1) is 83.5. The van der Waals surface area contributed by atoms with Gasteiger partial charge in [-0.05, 0) is 106 Å². The molecule has 36 heteroatoms. The summed E-state index contributed by atoms with van der Waals surface area (Å²) in [7, 11) is 1.92. The maximum atomic E-state index is 15.5. The van der Waals surface area contributed by atoms with E-state index < -0.39 is 169 Å². The van der Waals surface area contributed by atoms with Gasteiger partial charge in [0, 0.05) is 79.3 Å². The van der Waals surface area contributed by atoms with Crippen molar-refractivity contribution in [3.05, 3.63) is 102 Å². The van der Waals surface area contributed by atoms with Gasteiger partial charge in [-0.1, -0.05) is 88.7 Å². The summed E-state index contributed by atoms with van der Waals surface area (Å²) < 4.78 is 0. The van der Waals surface area contributed by atoms with Gasteiger partial charge in [-0.2, -0.15) is 0 Å². The number of guanidine groups is 1. The fourth-order valence-electron chi connectivity index (χ4n) is 13.4. The van der Waals surface area contributed by atoms with E-state index in [1.54, 1.807) is 41.4 Å². The second kappa shape index (κ2) is 41.3. The molecule has 0 unspecified atom stereocenters. The number of benzene rings is 3. The number of hydrogen-bond acceptors (Lipinski definition) is 22. The molecular formula is C72H96N18O16S2. The van der Waals surface area contributed by atoms with E-state index in [1.807, 2.05) is 36.4 Å². The number of nitrogens with two attached hydrogens (primary N) is 4. The number of fused-ring (bicyclic) bond motifs is 2. The number of H-pyrrole nitrogens is 2. The summed E-state index contributed by atoms with van der Waals surface area (Å²) in [5.41, 5.74) is 24.6. The molecule has 0 radical (unpaired) electrons. The van der Waals surface area contributed by atoms with Crippen LogP contribution in [0.3, 0.4) is 0 Å². The largest absolute Gasteiger partial charge is 0.481 e. The van der Waals surface area contributed by atoms with E-state index in [-0.39, 0.29) is 94.4 Å². The van der Waals surface area contributed by atoms with Gasteiger partial charge in [-0.25, -0.2) is 4.98 Å². The molecule has 2 aromatic heterocycles. The Labute approximate surface area is 630 Å². The number of rotatable bonds is 33. The molecule has 3 aliphatic heterocycles. The van der Waals surface area contributed by atoms with Crippen LogP contribution in [0.1, 0.15) is 101 Å². The molecule has 34 nitrogen and oxygen atoms in total. The van der Waals surface area contributed by atoms with E-state index in [0.717, 1.165) is 39.3 Å². The average Bonchev–Trinajstić information content (AvgIpc) is 1.59. The van der Waals surface area contributed by atoms with E-state index in [0.29, 0.717) is 72.9 Å². The van der Waals surface area contributed by atoms with Crippen LogP contribution in [0.2, 0.25) is 0 Å². The van der Waals surface area contributed by atoms with E-state index in [9.17, 15) is 58.2 Å². The summed E-state index contributed by atoms with van der Waals surface area (Å²) in [5.74, 6) is -14.2. The molecule has 5 heterocycles. The van der Waals surface area contributed by atoms with Crippen molar-refractivity contribution in [2.24, 2.45) is 33.8 Å². The number of likely N-dealkylation sites (tertiary alicyclic amines) is 2. The number of amides is 8. The fourth-order valence-corrected chi connectivity index (χ4v) is 15.8. The smallest absolute Gasteiger partial charge is 0.305 e. The SMILES string of the molecule is CC(=O)[C@H]1CSSC[C@H](C(=O)N2CCC[C@H]2C(=O)CN2CCC[C@H]2C(=O)CN[C@@H](CCCCN)C(=O)CN[C@@H](CC(=O)O)C(N)=O)NC(=O)[C@@H](Cc2c[nH]c3ccccc23)NC(=O)[C@H](CCCN=C(N)N)NC(=O)[C@H](Cc2ccc3ccccc3c2)NC(=O)[C@H](Cc2cnc[nH]2)NC(=O)[C@@H](CCC(=O)O)NC1=O. The molecule has 3 fully saturated rings. The third kappa shape index (κ3) is 24.7. The Morgan fingerprint density at radius 3 is 1.96 bits per heavy atom. The van der Waals surface area contributed by atoms with Crippen LogP contribution in [0.4, 0.5) is 0 Å². The van der Waals surface area contributed by atoms with Gasteiger partial charge in [0.15, 0.2) is 23.3 Å². The Morgan fingerprint density at radius 1 is 0.648 bits per heavy atom. The number of carbonyl (C=O) groups excluding carboxylic acids is 12. The van der Waals surface area contributed by atoms with Gasteiger partial charge in [0.25, 0.3) is 0 Å². The van der Waals surface area contributed by atoms with Crippen molar-refractivity contribution < 1.29 is 77.3 Å². The Bertz CT molecular complexity index is 4080. The first-order chi connectivity index (χ1) is 51.8. The monoisotopic (exact) mass is 1530 g/mol. The third-order valence-electron chi connectivity index (χ3n) is 19.2. The second-order valence-corrected chi connectivity index (χ2v) is 29.6. The molecular weight excluding hydrogens is 1440 g/mol. The molecule has 0 spiro atoms. The highest BCUT2D eigenvalue weighted by molar-refractivity contribution is 8.76. The highest BCUT2D eigenvalue weighted by Gasteiger charge is 2.42. The summed E-state index contributed by atoms with van der Waals surface area (Å²) in [6.07, 6.45) is 4.47. The molecule has 108 heavy (non-hydrogen) atoms. The molecule has 3 aromatic carbocycles. The number of aliphatic carboxylic acids is 2.